The van der Waals surface area contributed by atoms with Gasteiger partial charge in [-0.05, 0) is 17.2 Å². The number of carbonyl (C=O) groups is 1. The van der Waals surface area contributed by atoms with Crippen LogP contribution in [0.2, 0.25) is 0 Å². The van der Waals surface area contributed by atoms with E-state index in [1.165, 1.54) is 23.9 Å². The van der Waals surface area contributed by atoms with Crippen LogP contribution < -0.4 is 5.56 Å². The lowest BCUT2D eigenvalue weighted by molar-refractivity contribution is -0.148. The molecule has 0 bridgehead atoms. The fourth-order valence-electron chi connectivity index (χ4n) is 3.57. The zero-order valence-corrected chi connectivity index (χ0v) is 16.6. The van der Waals surface area contributed by atoms with E-state index in [4.69, 9.17) is 4.74 Å². The first-order valence-electron chi connectivity index (χ1n) is 8.60. The number of carbonyl (C=O) groups excluding carboxylic acids is 1. The lowest BCUT2D eigenvalue weighted by atomic mass is 9.93. The summed E-state index contributed by atoms with van der Waals surface area (Å²) in [4.78, 5) is 31.2. The summed E-state index contributed by atoms with van der Waals surface area (Å²) in [5.74, 6) is -0.335. The van der Waals surface area contributed by atoms with E-state index in [-0.39, 0.29) is 29.3 Å². The quantitative estimate of drug-likeness (QED) is 0.621. The van der Waals surface area contributed by atoms with Gasteiger partial charge in [0.1, 0.15) is 17.7 Å². The largest absolute Gasteiger partial charge is 0.468 e. The second-order valence-corrected chi connectivity index (χ2v) is 7.42. The molecule has 0 aliphatic carbocycles. The summed E-state index contributed by atoms with van der Waals surface area (Å²) in [7, 11) is 1.37. The molecule has 0 fully saturated rings. The molecule has 0 saturated carbocycles. The van der Waals surface area contributed by atoms with Gasteiger partial charge in [0.05, 0.1) is 12.8 Å². The molecule has 0 radical (unpaired) electrons. The predicted octanol–water partition coefficient (Wildman–Crippen LogP) is 1.76. The molecule has 1 atom stereocenters. The molecule has 2 aromatic heterocycles. The molecule has 3 aromatic rings. The average Bonchev–Trinajstić information content (AvgIpc) is 3.11. The van der Waals surface area contributed by atoms with Gasteiger partial charge in [-0.3, -0.25) is 19.6 Å². The number of aromatic nitrogens is 3. The zero-order valence-electron chi connectivity index (χ0n) is 15.0. The van der Waals surface area contributed by atoms with Crippen molar-refractivity contribution in [2.24, 2.45) is 0 Å². The number of nitriles is 1. The Labute approximate surface area is 168 Å². The van der Waals surface area contributed by atoms with Crippen molar-refractivity contribution in [2.45, 2.75) is 25.6 Å². The molecule has 0 saturated heterocycles. The van der Waals surface area contributed by atoms with Gasteiger partial charge in [-0.1, -0.05) is 28.1 Å². The van der Waals surface area contributed by atoms with Gasteiger partial charge in [-0.2, -0.15) is 5.26 Å². The number of hydrogen-bond donors (Lipinski definition) is 1. The molecule has 0 spiro atoms. The fourth-order valence-corrected chi connectivity index (χ4v) is 4.14. The highest BCUT2D eigenvalue weighted by Gasteiger charge is 2.33. The van der Waals surface area contributed by atoms with E-state index < -0.39 is 6.04 Å². The summed E-state index contributed by atoms with van der Waals surface area (Å²) in [6.45, 7) is 0.807. The van der Waals surface area contributed by atoms with Crippen LogP contribution in [0, 0.1) is 11.3 Å². The Morgan fingerprint density at radius 2 is 2.32 bits per heavy atom. The maximum absolute atomic E-state index is 12.4. The van der Waals surface area contributed by atoms with Crippen LogP contribution in [0.15, 0.2) is 39.7 Å². The summed E-state index contributed by atoms with van der Waals surface area (Å²) in [5, 5.41) is 11.9. The second-order valence-electron chi connectivity index (χ2n) is 6.57. The third-order valence-electron chi connectivity index (χ3n) is 4.94. The molecule has 1 N–H and O–H groups in total. The van der Waals surface area contributed by atoms with Crippen molar-refractivity contribution < 1.29 is 9.53 Å². The van der Waals surface area contributed by atoms with Crippen LogP contribution in [0.25, 0.3) is 5.65 Å². The molecule has 1 aliphatic heterocycles. The lowest BCUT2D eigenvalue weighted by Gasteiger charge is -2.35. The molecular weight excluding hydrogens is 426 g/mol. The van der Waals surface area contributed by atoms with Crippen LogP contribution in [-0.4, -0.2) is 38.6 Å². The van der Waals surface area contributed by atoms with Crippen LogP contribution in [0.5, 0.6) is 0 Å². The van der Waals surface area contributed by atoms with Crippen LogP contribution >= 0.6 is 15.9 Å². The molecule has 1 unspecified atom stereocenters. The Bertz CT molecular complexity index is 1180. The molecule has 142 valence electrons. The number of halogens is 1. The minimum Gasteiger partial charge on any atom is -0.468 e. The van der Waals surface area contributed by atoms with Crippen molar-refractivity contribution in [3.8, 4) is 6.07 Å². The van der Waals surface area contributed by atoms with E-state index in [9.17, 15) is 14.9 Å². The van der Waals surface area contributed by atoms with Gasteiger partial charge in [-0.15, -0.1) is 0 Å². The molecule has 8 nitrogen and oxygen atoms in total. The fraction of sp³-hybridized carbons (Fsp3) is 0.263. The molecule has 4 rings (SSSR count). The number of esters is 1. The molecule has 0 amide bonds. The Morgan fingerprint density at radius 3 is 3.07 bits per heavy atom. The van der Waals surface area contributed by atoms with Gasteiger partial charge in [0, 0.05) is 36.2 Å². The number of benzene rings is 1. The summed E-state index contributed by atoms with van der Waals surface area (Å²) >= 11 is 3.55. The monoisotopic (exact) mass is 441 g/mol. The summed E-state index contributed by atoms with van der Waals surface area (Å²) < 4.78 is 7.19. The van der Waals surface area contributed by atoms with Crippen molar-refractivity contribution in [2.75, 3.05) is 7.11 Å². The minimum atomic E-state index is -0.488. The molecule has 1 aliphatic rings. The maximum Gasteiger partial charge on any atom is 0.323 e. The summed E-state index contributed by atoms with van der Waals surface area (Å²) in [6, 6.07) is 8.87. The topological polar surface area (TPSA) is 103 Å². The van der Waals surface area contributed by atoms with Gasteiger partial charge in [0.25, 0.3) is 5.56 Å². The summed E-state index contributed by atoms with van der Waals surface area (Å²) in [6.07, 6.45) is 1.94. The number of nitrogens with zero attached hydrogens (tertiary/aromatic N) is 4. The van der Waals surface area contributed by atoms with E-state index in [1.54, 1.807) is 0 Å². The molecular formula is C19H16BrN5O3. The van der Waals surface area contributed by atoms with E-state index in [0.717, 1.165) is 15.6 Å². The molecule has 9 heteroatoms. The third kappa shape index (κ3) is 3.10. The van der Waals surface area contributed by atoms with Gasteiger partial charge in [-0.25, -0.2) is 9.50 Å². The zero-order chi connectivity index (χ0) is 19.8. The third-order valence-corrected chi connectivity index (χ3v) is 5.68. The number of H-pyrrole nitrogens is 1. The van der Waals surface area contributed by atoms with E-state index >= 15 is 0 Å². The first kappa shape index (κ1) is 18.4. The standard InChI is InChI=1S/C19H16BrN5O3/c1-28-19(27)16-6-14-11(3-2-4-15(14)20)9-24(16)10-13-5-17(26)25-18(23-13)12(7-21)8-22-25/h2-5,8,16,22H,6,9-10H2,1H3. The highest BCUT2D eigenvalue weighted by Crippen LogP contribution is 2.30. The van der Waals surface area contributed by atoms with Crippen molar-refractivity contribution >= 4 is 27.5 Å². The Kier molecular flexibility index (Phi) is 4.75. The lowest BCUT2D eigenvalue weighted by Crippen LogP contribution is -2.46. The number of rotatable bonds is 3. The number of fused-ring (bicyclic) bond motifs is 2. The van der Waals surface area contributed by atoms with Crippen molar-refractivity contribution in [3.05, 3.63) is 67.7 Å². The number of aromatic amines is 1. The van der Waals surface area contributed by atoms with Crippen LogP contribution in [0.1, 0.15) is 22.4 Å². The van der Waals surface area contributed by atoms with E-state index in [1.807, 2.05) is 29.2 Å². The van der Waals surface area contributed by atoms with Crippen molar-refractivity contribution in [1.29, 1.82) is 5.26 Å². The first-order valence-corrected chi connectivity index (χ1v) is 9.39. The normalized spacial score (nSPS) is 16.5. The van der Waals surface area contributed by atoms with E-state index in [2.05, 4.69) is 26.0 Å². The highest BCUT2D eigenvalue weighted by atomic mass is 79.9. The van der Waals surface area contributed by atoms with E-state index in [0.29, 0.717) is 18.7 Å². The maximum atomic E-state index is 12.4. The Hall–Kier alpha value is -2.96. The predicted molar refractivity (Wildman–Crippen MR) is 103 cm³/mol. The van der Waals surface area contributed by atoms with Gasteiger partial charge < -0.3 is 4.74 Å². The molecule has 1 aromatic carbocycles. The number of nitrogens with one attached hydrogen (secondary N) is 1. The highest BCUT2D eigenvalue weighted by molar-refractivity contribution is 9.10. The second kappa shape index (κ2) is 7.22. The molecule has 28 heavy (non-hydrogen) atoms. The number of ether oxygens (including phenoxy) is 1. The number of hydrogen-bond acceptors (Lipinski definition) is 6. The average molecular weight is 442 g/mol. The van der Waals surface area contributed by atoms with Gasteiger partial charge >= 0.3 is 5.97 Å². The Balaban J connectivity index is 1.73. The Morgan fingerprint density at radius 1 is 1.50 bits per heavy atom. The molecule has 3 heterocycles. The van der Waals surface area contributed by atoms with Crippen LogP contribution in [0.4, 0.5) is 0 Å². The first-order chi connectivity index (χ1) is 13.5. The number of methoxy groups -OCH3 is 1. The SMILES string of the molecule is COC(=O)C1Cc2c(Br)cccc2CN1Cc1cc(=O)n2[nH]cc(C#N)c2n1. The van der Waals surface area contributed by atoms with Crippen LogP contribution in [0.3, 0.4) is 0 Å². The van der Waals surface area contributed by atoms with Gasteiger partial charge in [0.2, 0.25) is 0 Å². The smallest absolute Gasteiger partial charge is 0.323 e. The van der Waals surface area contributed by atoms with Crippen molar-refractivity contribution in [3.63, 3.8) is 0 Å². The van der Waals surface area contributed by atoms with Crippen LogP contribution in [-0.2, 0) is 29.0 Å². The summed E-state index contributed by atoms with van der Waals surface area (Å²) in [5.41, 5.74) is 2.93. The van der Waals surface area contributed by atoms with Gasteiger partial charge in [0.15, 0.2) is 5.65 Å². The van der Waals surface area contributed by atoms with Crippen molar-refractivity contribution in [1.82, 2.24) is 19.5 Å². The minimum absolute atomic E-state index is 0.278.